The van der Waals surface area contributed by atoms with Gasteiger partial charge in [0, 0.05) is 31.7 Å². The van der Waals surface area contributed by atoms with Crippen molar-refractivity contribution in [1.82, 2.24) is 25.1 Å². The molecule has 1 aliphatic heterocycles. The van der Waals surface area contributed by atoms with Crippen LogP contribution in [0.1, 0.15) is 26.6 Å². The molecule has 0 bridgehead atoms. The van der Waals surface area contributed by atoms with E-state index in [1.807, 2.05) is 32.2 Å². The second-order valence-corrected chi connectivity index (χ2v) is 8.41. The first kappa shape index (κ1) is 18.0. The number of H-pyrrole nitrogens is 1. The van der Waals surface area contributed by atoms with E-state index in [9.17, 15) is 9.59 Å². The lowest BCUT2D eigenvalue weighted by atomic mass is 10.1. The summed E-state index contributed by atoms with van der Waals surface area (Å²) in [7, 11) is 0. The molecule has 0 unspecified atom stereocenters. The first-order chi connectivity index (χ1) is 11.8. The first-order valence-electron chi connectivity index (χ1n) is 8.52. The van der Waals surface area contributed by atoms with Crippen molar-refractivity contribution in [3.63, 3.8) is 0 Å². The number of hydrogen-bond donors (Lipinski definition) is 2. The number of nitrogens with zero attached hydrogens (tertiary/aromatic N) is 3. The number of piperazine rings is 1. The minimum atomic E-state index is -0.198. The molecule has 0 saturated carbocycles. The summed E-state index contributed by atoms with van der Waals surface area (Å²) in [5.74, 6) is 0.768. The predicted molar refractivity (Wildman–Crippen MR) is 99.9 cm³/mol. The Balaban J connectivity index is 1.52. The summed E-state index contributed by atoms with van der Waals surface area (Å²) < 4.78 is 0.679. The highest BCUT2D eigenvalue weighted by atomic mass is 32.1. The Morgan fingerprint density at radius 3 is 2.64 bits per heavy atom. The third-order valence-electron chi connectivity index (χ3n) is 4.08. The Morgan fingerprint density at radius 1 is 1.28 bits per heavy atom. The molecule has 3 rings (SSSR count). The van der Waals surface area contributed by atoms with Gasteiger partial charge in [0.2, 0.25) is 5.91 Å². The largest absolute Gasteiger partial charge is 0.350 e. The second kappa shape index (κ2) is 7.23. The molecule has 2 aromatic heterocycles. The third kappa shape index (κ3) is 4.87. The van der Waals surface area contributed by atoms with Gasteiger partial charge in [0.05, 0.1) is 18.6 Å². The van der Waals surface area contributed by atoms with Crippen molar-refractivity contribution in [3.05, 3.63) is 27.6 Å². The molecule has 25 heavy (non-hydrogen) atoms. The molecule has 136 valence electrons. The summed E-state index contributed by atoms with van der Waals surface area (Å²) in [4.78, 5) is 35.9. The SMILES string of the molecule is CC(C)(C)NC(=O)CN1CCN(Cc2nc3ccsc3c(=O)[nH]2)CC1. The molecule has 1 fully saturated rings. The first-order valence-corrected chi connectivity index (χ1v) is 9.40. The molecule has 8 heteroatoms. The van der Waals surface area contributed by atoms with Gasteiger partial charge in [0.1, 0.15) is 10.5 Å². The van der Waals surface area contributed by atoms with Crippen LogP contribution in [0.2, 0.25) is 0 Å². The average Bonchev–Trinajstić information content (AvgIpc) is 2.96. The minimum absolute atomic E-state index is 0.0625. The number of aromatic amines is 1. The monoisotopic (exact) mass is 363 g/mol. The van der Waals surface area contributed by atoms with Gasteiger partial charge < -0.3 is 10.3 Å². The number of fused-ring (bicyclic) bond motifs is 1. The summed E-state index contributed by atoms with van der Waals surface area (Å²) >= 11 is 1.41. The number of nitrogens with one attached hydrogen (secondary N) is 2. The van der Waals surface area contributed by atoms with Gasteiger partial charge in [0.15, 0.2) is 0 Å². The van der Waals surface area contributed by atoms with E-state index in [0.717, 1.165) is 31.7 Å². The smallest absolute Gasteiger partial charge is 0.268 e. The van der Waals surface area contributed by atoms with Crippen molar-refractivity contribution in [2.24, 2.45) is 0 Å². The predicted octanol–water partition coefficient (Wildman–Crippen LogP) is 1.02. The van der Waals surface area contributed by atoms with Crippen molar-refractivity contribution in [2.45, 2.75) is 32.9 Å². The Bertz CT molecular complexity index is 799. The van der Waals surface area contributed by atoms with Crippen LogP contribution in [0.4, 0.5) is 0 Å². The van der Waals surface area contributed by atoms with E-state index in [1.165, 1.54) is 11.3 Å². The van der Waals surface area contributed by atoms with Crippen LogP contribution in [-0.4, -0.2) is 63.9 Å². The normalized spacial score (nSPS) is 17.1. The summed E-state index contributed by atoms with van der Waals surface area (Å²) in [6.07, 6.45) is 0. The van der Waals surface area contributed by atoms with Gasteiger partial charge in [0.25, 0.3) is 5.56 Å². The zero-order chi connectivity index (χ0) is 18.0. The molecule has 2 N–H and O–H groups in total. The quantitative estimate of drug-likeness (QED) is 0.848. The average molecular weight is 363 g/mol. The highest BCUT2D eigenvalue weighted by Crippen LogP contribution is 2.14. The number of rotatable bonds is 4. The van der Waals surface area contributed by atoms with E-state index in [0.29, 0.717) is 23.6 Å². The Hall–Kier alpha value is -1.77. The van der Waals surface area contributed by atoms with E-state index in [-0.39, 0.29) is 17.0 Å². The molecule has 7 nitrogen and oxygen atoms in total. The van der Waals surface area contributed by atoms with Crippen molar-refractivity contribution in [1.29, 1.82) is 0 Å². The highest BCUT2D eigenvalue weighted by Gasteiger charge is 2.21. The third-order valence-corrected chi connectivity index (χ3v) is 4.99. The molecular weight excluding hydrogens is 338 g/mol. The maximum atomic E-state index is 12.0. The zero-order valence-electron chi connectivity index (χ0n) is 15.0. The van der Waals surface area contributed by atoms with Gasteiger partial charge in [-0.05, 0) is 32.2 Å². The van der Waals surface area contributed by atoms with Crippen LogP contribution in [0.25, 0.3) is 10.2 Å². The van der Waals surface area contributed by atoms with Gasteiger partial charge in [-0.3, -0.25) is 19.4 Å². The lowest BCUT2D eigenvalue weighted by Crippen LogP contribution is -2.51. The van der Waals surface area contributed by atoms with Crippen molar-refractivity contribution in [2.75, 3.05) is 32.7 Å². The van der Waals surface area contributed by atoms with Gasteiger partial charge in [-0.15, -0.1) is 11.3 Å². The molecule has 0 atom stereocenters. The molecule has 0 spiro atoms. The van der Waals surface area contributed by atoms with Crippen LogP contribution in [0.3, 0.4) is 0 Å². The molecule has 2 aromatic rings. The number of amides is 1. The van der Waals surface area contributed by atoms with Crippen LogP contribution >= 0.6 is 11.3 Å². The zero-order valence-corrected chi connectivity index (χ0v) is 15.8. The summed E-state index contributed by atoms with van der Waals surface area (Å²) in [6, 6.07) is 1.88. The van der Waals surface area contributed by atoms with Crippen molar-refractivity contribution >= 4 is 27.5 Å². The van der Waals surface area contributed by atoms with Gasteiger partial charge in [-0.25, -0.2) is 4.98 Å². The van der Waals surface area contributed by atoms with Gasteiger partial charge in [-0.1, -0.05) is 0 Å². The van der Waals surface area contributed by atoms with E-state index in [1.54, 1.807) is 0 Å². The fourth-order valence-electron chi connectivity index (χ4n) is 2.97. The maximum Gasteiger partial charge on any atom is 0.268 e. The van der Waals surface area contributed by atoms with E-state index >= 15 is 0 Å². The number of carbonyl (C=O) groups excluding carboxylic acids is 1. The van der Waals surface area contributed by atoms with E-state index < -0.39 is 0 Å². The fraction of sp³-hybridized carbons (Fsp3) is 0.588. The van der Waals surface area contributed by atoms with E-state index in [4.69, 9.17) is 0 Å². The summed E-state index contributed by atoms with van der Waals surface area (Å²) in [6.45, 7) is 10.4. The molecule has 1 aliphatic rings. The van der Waals surface area contributed by atoms with Crippen LogP contribution in [0.15, 0.2) is 16.2 Å². The fourth-order valence-corrected chi connectivity index (χ4v) is 3.70. The molecule has 0 aromatic carbocycles. The molecular formula is C17H25N5O2S. The van der Waals surface area contributed by atoms with Crippen LogP contribution < -0.4 is 10.9 Å². The number of thiophene rings is 1. The minimum Gasteiger partial charge on any atom is -0.350 e. The number of aromatic nitrogens is 2. The van der Waals surface area contributed by atoms with Gasteiger partial charge >= 0.3 is 0 Å². The van der Waals surface area contributed by atoms with Crippen molar-refractivity contribution < 1.29 is 4.79 Å². The summed E-state index contributed by atoms with van der Waals surface area (Å²) in [5, 5.41) is 4.88. The highest BCUT2D eigenvalue weighted by molar-refractivity contribution is 7.17. The summed E-state index contributed by atoms with van der Waals surface area (Å²) in [5.41, 5.74) is 0.505. The lowest BCUT2D eigenvalue weighted by molar-refractivity contribution is -0.124. The molecule has 0 radical (unpaired) electrons. The Labute approximate surface area is 151 Å². The molecule has 3 heterocycles. The van der Waals surface area contributed by atoms with E-state index in [2.05, 4.69) is 25.1 Å². The maximum absolute atomic E-state index is 12.0. The second-order valence-electron chi connectivity index (χ2n) is 7.50. The topological polar surface area (TPSA) is 81.3 Å². The van der Waals surface area contributed by atoms with Crippen LogP contribution in [0.5, 0.6) is 0 Å². The Morgan fingerprint density at radius 2 is 1.96 bits per heavy atom. The number of carbonyl (C=O) groups is 1. The lowest BCUT2D eigenvalue weighted by Gasteiger charge is -2.34. The number of hydrogen-bond acceptors (Lipinski definition) is 6. The standard InChI is InChI=1S/C17H25N5O2S/c1-17(2,3)20-14(23)11-22-7-5-21(6-8-22)10-13-18-12-4-9-25-15(12)16(24)19-13/h4,9H,5-8,10-11H2,1-3H3,(H,20,23)(H,18,19,24). The van der Waals surface area contributed by atoms with Gasteiger partial charge in [-0.2, -0.15) is 0 Å². The molecule has 1 saturated heterocycles. The molecule has 1 amide bonds. The van der Waals surface area contributed by atoms with Crippen LogP contribution in [-0.2, 0) is 11.3 Å². The van der Waals surface area contributed by atoms with Crippen LogP contribution in [0, 0.1) is 0 Å². The Kier molecular flexibility index (Phi) is 5.21. The van der Waals surface area contributed by atoms with Crippen molar-refractivity contribution in [3.8, 4) is 0 Å². The molecule has 0 aliphatic carbocycles.